The first-order valence-electron chi connectivity index (χ1n) is 2.50. The minimum Gasteiger partial charge on any atom is -0.265 e. The van der Waals surface area contributed by atoms with Crippen LogP contribution in [-0.4, -0.2) is 14.8 Å². The Hall–Kier alpha value is -1.19. The van der Waals surface area contributed by atoms with Crippen LogP contribution in [0.5, 0.6) is 0 Å². The molecule has 0 aromatic carbocycles. The van der Waals surface area contributed by atoms with E-state index in [4.69, 9.17) is 0 Å². The van der Waals surface area contributed by atoms with Crippen LogP contribution < -0.4 is 5.56 Å². The van der Waals surface area contributed by atoms with Crippen LogP contribution in [0.25, 0.3) is 0 Å². The number of aromatic nitrogens is 3. The van der Waals surface area contributed by atoms with E-state index in [9.17, 15) is 4.79 Å². The number of hydrogen-bond acceptors (Lipinski definition) is 3. The molecule has 0 aliphatic carbocycles. The van der Waals surface area contributed by atoms with Crippen molar-refractivity contribution in [1.82, 2.24) is 14.8 Å². The zero-order valence-corrected chi connectivity index (χ0v) is 5.25. The molecule has 1 rings (SSSR count). The normalized spacial score (nSPS) is 9.56. The van der Waals surface area contributed by atoms with Gasteiger partial charge >= 0.3 is 0 Å². The average Bonchev–Trinajstić information content (AvgIpc) is 1.80. The van der Waals surface area contributed by atoms with E-state index in [0.717, 1.165) is 0 Å². The second-order valence-corrected chi connectivity index (χ2v) is 1.73. The van der Waals surface area contributed by atoms with Crippen LogP contribution in [0.1, 0.15) is 5.69 Å². The van der Waals surface area contributed by atoms with E-state index >= 15 is 0 Å². The van der Waals surface area contributed by atoms with Gasteiger partial charge < -0.3 is 0 Å². The molecule has 0 fully saturated rings. The standard InChI is InChI=1S/C5H6N3O/c1-4-5(9)6-3-8(2)7-4/h1-2H3. The summed E-state index contributed by atoms with van der Waals surface area (Å²) in [4.78, 5) is 14.0. The van der Waals surface area contributed by atoms with Gasteiger partial charge in [0.1, 0.15) is 5.69 Å². The Morgan fingerprint density at radius 2 is 2.33 bits per heavy atom. The van der Waals surface area contributed by atoms with E-state index in [2.05, 4.69) is 16.4 Å². The van der Waals surface area contributed by atoms with Crippen LogP contribution in [0.4, 0.5) is 0 Å². The predicted molar refractivity (Wildman–Crippen MR) is 30.8 cm³/mol. The molecule has 0 saturated carbocycles. The molecule has 4 heteroatoms. The number of hydrogen-bond donors (Lipinski definition) is 0. The zero-order valence-electron chi connectivity index (χ0n) is 5.25. The van der Waals surface area contributed by atoms with Crippen LogP contribution in [0, 0.1) is 13.3 Å². The molecule has 1 aromatic heterocycles. The van der Waals surface area contributed by atoms with Gasteiger partial charge in [-0.3, -0.25) is 4.79 Å². The van der Waals surface area contributed by atoms with E-state index in [-0.39, 0.29) is 5.56 Å². The Morgan fingerprint density at radius 3 is 2.78 bits per heavy atom. The summed E-state index contributed by atoms with van der Waals surface area (Å²) in [6.45, 7) is 1.61. The minimum atomic E-state index is -0.312. The maximum absolute atomic E-state index is 10.6. The van der Waals surface area contributed by atoms with Gasteiger partial charge in [0.15, 0.2) is 6.33 Å². The van der Waals surface area contributed by atoms with Crippen molar-refractivity contribution in [3.8, 4) is 0 Å². The lowest BCUT2D eigenvalue weighted by molar-refractivity contribution is 0.677. The molecule has 0 spiro atoms. The summed E-state index contributed by atoms with van der Waals surface area (Å²) < 4.78 is 1.37. The summed E-state index contributed by atoms with van der Waals surface area (Å²) in [5.41, 5.74) is 0.0874. The van der Waals surface area contributed by atoms with Crippen molar-refractivity contribution in [2.45, 2.75) is 6.92 Å². The van der Waals surface area contributed by atoms with Gasteiger partial charge in [0.05, 0.1) is 0 Å². The molecule has 0 aliphatic heterocycles. The molecule has 1 heterocycles. The van der Waals surface area contributed by atoms with Gasteiger partial charge in [0.2, 0.25) is 0 Å². The van der Waals surface area contributed by atoms with Gasteiger partial charge in [-0.2, -0.15) is 10.1 Å². The Kier molecular flexibility index (Phi) is 1.30. The highest BCUT2D eigenvalue weighted by molar-refractivity contribution is 4.86. The maximum Gasteiger partial charge on any atom is 0.295 e. The molecule has 0 saturated heterocycles. The summed E-state index contributed by atoms with van der Waals surface area (Å²) >= 11 is 0. The SMILES string of the molecule is Cc1nn(C)[c]nc1=O. The van der Waals surface area contributed by atoms with Gasteiger partial charge in [-0.05, 0) is 6.92 Å². The van der Waals surface area contributed by atoms with Crippen LogP contribution in [0.3, 0.4) is 0 Å². The first kappa shape index (κ1) is 5.94. The summed E-state index contributed by atoms with van der Waals surface area (Å²) in [6.07, 6.45) is 2.38. The fraction of sp³-hybridized carbons (Fsp3) is 0.400. The molecule has 4 nitrogen and oxygen atoms in total. The molecule has 0 amide bonds. The summed E-state index contributed by atoms with van der Waals surface area (Å²) in [6, 6.07) is 0. The molecule has 9 heavy (non-hydrogen) atoms. The lowest BCUT2D eigenvalue weighted by atomic mass is 10.5. The third kappa shape index (κ3) is 1.13. The van der Waals surface area contributed by atoms with Gasteiger partial charge in [-0.15, -0.1) is 0 Å². The smallest absolute Gasteiger partial charge is 0.265 e. The van der Waals surface area contributed by atoms with Crippen molar-refractivity contribution in [2.24, 2.45) is 7.05 Å². The topological polar surface area (TPSA) is 47.8 Å². The monoisotopic (exact) mass is 124 g/mol. The van der Waals surface area contributed by atoms with Crippen molar-refractivity contribution in [3.05, 3.63) is 22.4 Å². The predicted octanol–water partition coefficient (Wildman–Crippen LogP) is -0.716. The van der Waals surface area contributed by atoms with Crippen LogP contribution in [0.15, 0.2) is 4.79 Å². The largest absolute Gasteiger partial charge is 0.295 e. The third-order valence-electron chi connectivity index (χ3n) is 0.906. The minimum absolute atomic E-state index is 0.312. The Labute approximate surface area is 52.2 Å². The number of rotatable bonds is 0. The molecule has 1 radical (unpaired) electrons. The molecule has 1 aromatic rings. The highest BCUT2D eigenvalue weighted by Crippen LogP contribution is 1.72. The quantitative estimate of drug-likeness (QED) is 0.458. The fourth-order valence-corrected chi connectivity index (χ4v) is 0.489. The average molecular weight is 124 g/mol. The molecule has 0 aliphatic rings. The lowest BCUT2D eigenvalue weighted by Gasteiger charge is -1.91. The Morgan fingerprint density at radius 1 is 1.67 bits per heavy atom. The van der Waals surface area contributed by atoms with Gasteiger partial charge in [-0.1, -0.05) is 0 Å². The maximum atomic E-state index is 10.6. The summed E-state index contributed by atoms with van der Waals surface area (Å²) in [5.74, 6) is 0. The molecule has 47 valence electrons. The highest BCUT2D eigenvalue weighted by Gasteiger charge is 1.92. The van der Waals surface area contributed by atoms with Gasteiger partial charge in [0, 0.05) is 7.05 Å². The van der Waals surface area contributed by atoms with Crippen molar-refractivity contribution in [2.75, 3.05) is 0 Å². The van der Waals surface area contributed by atoms with Crippen molar-refractivity contribution in [1.29, 1.82) is 0 Å². The van der Waals surface area contributed by atoms with Crippen LogP contribution in [0.2, 0.25) is 0 Å². The molecule has 0 atom stereocenters. The summed E-state index contributed by atoms with van der Waals surface area (Å²) in [7, 11) is 1.67. The Balaban J connectivity index is 3.34. The second-order valence-electron chi connectivity index (χ2n) is 1.73. The van der Waals surface area contributed by atoms with Crippen LogP contribution in [-0.2, 0) is 7.05 Å². The van der Waals surface area contributed by atoms with E-state index in [1.165, 1.54) is 4.68 Å². The van der Waals surface area contributed by atoms with Crippen molar-refractivity contribution < 1.29 is 0 Å². The fourth-order valence-electron chi connectivity index (χ4n) is 0.489. The van der Waals surface area contributed by atoms with Crippen molar-refractivity contribution >= 4 is 0 Å². The molecular weight excluding hydrogens is 118 g/mol. The third-order valence-corrected chi connectivity index (χ3v) is 0.906. The van der Waals surface area contributed by atoms with Gasteiger partial charge in [0.25, 0.3) is 5.56 Å². The zero-order chi connectivity index (χ0) is 6.85. The number of aryl methyl sites for hydroxylation is 2. The lowest BCUT2D eigenvalue weighted by Crippen LogP contribution is -2.16. The van der Waals surface area contributed by atoms with Gasteiger partial charge in [-0.25, -0.2) is 4.68 Å². The van der Waals surface area contributed by atoms with E-state index in [0.29, 0.717) is 5.69 Å². The highest BCUT2D eigenvalue weighted by atomic mass is 16.1. The first-order chi connectivity index (χ1) is 4.20. The summed E-state index contributed by atoms with van der Waals surface area (Å²) in [5, 5.41) is 3.76. The van der Waals surface area contributed by atoms with E-state index < -0.39 is 0 Å². The van der Waals surface area contributed by atoms with Crippen LogP contribution >= 0.6 is 0 Å². The molecule has 0 unspecified atom stereocenters. The number of nitrogens with zero attached hydrogens (tertiary/aromatic N) is 3. The van der Waals surface area contributed by atoms with E-state index in [1.54, 1.807) is 14.0 Å². The molecular formula is C5H6N3O. The van der Waals surface area contributed by atoms with E-state index in [1.807, 2.05) is 0 Å². The van der Waals surface area contributed by atoms with Crippen molar-refractivity contribution in [3.63, 3.8) is 0 Å². The second kappa shape index (κ2) is 1.97. The molecule has 0 bridgehead atoms. The Bertz CT molecular complexity index is 265. The molecule has 0 N–H and O–H groups in total. The first-order valence-corrected chi connectivity index (χ1v) is 2.50.